The fourth-order valence-electron chi connectivity index (χ4n) is 1.39. The summed E-state index contributed by atoms with van der Waals surface area (Å²) in [7, 11) is -0.821. The smallest absolute Gasteiger partial charge is 0.261 e. The van der Waals surface area contributed by atoms with Crippen LogP contribution in [0, 0.1) is 0 Å². The van der Waals surface area contributed by atoms with Crippen LogP contribution in [-0.2, 0) is 0 Å². The van der Waals surface area contributed by atoms with Gasteiger partial charge >= 0.3 is 0 Å². The zero-order valence-corrected chi connectivity index (χ0v) is 11.0. The van der Waals surface area contributed by atoms with E-state index in [-0.39, 0.29) is 0 Å². The third-order valence-electron chi connectivity index (χ3n) is 1.93. The van der Waals surface area contributed by atoms with Crippen LogP contribution in [0.25, 0.3) is 0 Å². The summed E-state index contributed by atoms with van der Waals surface area (Å²) in [6.45, 7) is 8.76. The van der Waals surface area contributed by atoms with E-state index in [1.807, 2.05) is 0 Å². The number of hydrogen-bond acceptors (Lipinski definition) is 2. The molecule has 0 aliphatic carbocycles. The summed E-state index contributed by atoms with van der Waals surface area (Å²) in [5.74, 6) is 0. The van der Waals surface area contributed by atoms with Crippen molar-refractivity contribution in [2.75, 3.05) is 0 Å². The van der Waals surface area contributed by atoms with Crippen molar-refractivity contribution in [1.82, 2.24) is 9.96 Å². The standard InChI is InChI=1S/C12H21N2Si/c1-10(2)13-15(14-11(3)4)12-8-6-5-7-9-12/h5-11,13-14H,1-4H3. The fraction of sp³-hybridized carbons (Fsp3) is 0.500. The van der Waals surface area contributed by atoms with Gasteiger partial charge in [-0.1, -0.05) is 58.0 Å². The van der Waals surface area contributed by atoms with Gasteiger partial charge in [0.1, 0.15) is 0 Å². The maximum Gasteiger partial charge on any atom is 0.261 e. The third kappa shape index (κ3) is 4.60. The van der Waals surface area contributed by atoms with Crippen molar-refractivity contribution in [2.24, 2.45) is 0 Å². The van der Waals surface area contributed by atoms with Crippen LogP contribution in [0.2, 0.25) is 0 Å². The summed E-state index contributed by atoms with van der Waals surface area (Å²) in [5.41, 5.74) is 0. The van der Waals surface area contributed by atoms with Crippen molar-refractivity contribution in [3.63, 3.8) is 0 Å². The normalized spacial score (nSPS) is 11.7. The van der Waals surface area contributed by atoms with E-state index in [9.17, 15) is 0 Å². The number of hydrogen-bond donors (Lipinski definition) is 2. The Balaban J connectivity index is 2.72. The molecule has 2 nitrogen and oxygen atoms in total. The van der Waals surface area contributed by atoms with Gasteiger partial charge in [-0.3, -0.25) is 0 Å². The molecule has 0 amide bonds. The lowest BCUT2D eigenvalue weighted by Gasteiger charge is -2.22. The highest BCUT2D eigenvalue weighted by Gasteiger charge is 2.16. The second kappa shape index (κ2) is 6.05. The highest BCUT2D eigenvalue weighted by Crippen LogP contribution is 1.88. The van der Waals surface area contributed by atoms with E-state index in [2.05, 4.69) is 68.0 Å². The van der Waals surface area contributed by atoms with E-state index in [1.54, 1.807) is 0 Å². The first-order valence-electron chi connectivity index (χ1n) is 5.55. The average molecular weight is 221 g/mol. The van der Waals surface area contributed by atoms with E-state index >= 15 is 0 Å². The van der Waals surface area contributed by atoms with E-state index in [0.717, 1.165) is 0 Å². The molecule has 0 atom stereocenters. The second-order valence-corrected chi connectivity index (χ2v) is 6.24. The summed E-state index contributed by atoms with van der Waals surface area (Å²) in [4.78, 5) is 7.24. The molecule has 1 aromatic rings. The minimum atomic E-state index is -0.821. The summed E-state index contributed by atoms with van der Waals surface area (Å²) < 4.78 is 0. The first kappa shape index (κ1) is 12.4. The fourth-order valence-corrected chi connectivity index (χ4v) is 3.49. The molecule has 0 heterocycles. The van der Waals surface area contributed by atoms with Gasteiger partial charge in [-0.15, -0.1) is 0 Å². The molecule has 1 radical (unpaired) electrons. The Morgan fingerprint density at radius 1 is 0.867 bits per heavy atom. The first-order chi connectivity index (χ1) is 7.09. The quantitative estimate of drug-likeness (QED) is 0.734. The van der Waals surface area contributed by atoms with E-state index in [4.69, 9.17) is 0 Å². The van der Waals surface area contributed by atoms with Crippen molar-refractivity contribution in [3.8, 4) is 0 Å². The van der Waals surface area contributed by atoms with Gasteiger partial charge in [0.15, 0.2) is 0 Å². The second-order valence-electron chi connectivity index (χ2n) is 4.34. The van der Waals surface area contributed by atoms with Crippen molar-refractivity contribution in [3.05, 3.63) is 30.3 Å². The van der Waals surface area contributed by atoms with E-state index < -0.39 is 9.12 Å². The van der Waals surface area contributed by atoms with Gasteiger partial charge in [-0.25, -0.2) is 0 Å². The molecule has 83 valence electrons. The molecular formula is C12H21N2Si. The van der Waals surface area contributed by atoms with Crippen molar-refractivity contribution in [1.29, 1.82) is 0 Å². The Hall–Kier alpha value is -0.643. The number of benzene rings is 1. The van der Waals surface area contributed by atoms with Crippen LogP contribution in [0.4, 0.5) is 0 Å². The van der Waals surface area contributed by atoms with Gasteiger partial charge in [-0.2, -0.15) is 0 Å². The molecule has 0 spiro atoms. The molecule has 0 aliphatic rings. The molecule has 3 heteroatoms. The third-order valence-corrected chi connectivity index (χ3v) is 4.57. The molecule has 2 N–H and O–H groups in total. The molecule has 0 aliphatic heterocycles. The molecule has 1 rings (SSSR count). The number of rotatable bonds is 5. The maximum atomic E-state index is 3.62. The Morgan fingerprint density at radius 2 is 1.33 bits per heavy atom. The minimum Gasteiger partial charge on any atom is -0.320 e. The Morgan fingerprint density at radius 3 is 1.73 bits per heavy atom. The lowest BCUT2D eigenvalue weighted by Crippen LogP contribution is -2.60. The first-order valence-corrected chi connectivity index (χ1v) is 7.05. The maximum absolute atomic E-state index is 3.62. The molecule has 0 unspecified atom stereocenters. The predicted octanol–water partition coefficient (Wildman–Crippen LogP) is 1.38. The van der Waals surface area contributed by atoms with E-state index in [1.165, 1.54) is 5.19 Å². The lowest BCUT2D eigenvalue weighted by atomic mass is 10.4. The SMILES string of the molecule is CC(C)N[Si](NC(C)C)c1ccccc1. The molecule has 0 saturated heterocycles. The zero-order chi connectivity index (χ0) is 11.3. The van der Waals surface area contributed by atoms with Crippen LogP contribution in [0.15, 0.2) is 30.3 Å². The molecule has 0 saturated carbocycles. The molecule has 15 heavy (non-hydrogen) atoms. The predicted molar refractivity (Wildman–Crippen MR) is 68.4 cm³/mol. The van der Waals surface area contributed by atoms with Crippen LogP contribution in [0.3, 0.4) is 0 Å². The average Bonchev–Trinajstić information content (AvgIpc) is 2.17. The van der Waals surface area contributed by atoms with Gasteiger partial charge in [0.05, 0.1) is 0 Å². The van der Waals surface area contributed by atoms with Crippen LogP contribution in [-0.4, -0.2) is 21.2 Å². The van der Waals surface area contributed by atoms with Gasteiger partial charge in [0.2, 0.25) is 0 Å². The molecular weight excluding hydrogens is 200 g/mol. The van der Waals surface area contributed by atoms with Crippen molar-refractivity contribution < 1.29 is 0 Å². The molecule has 0 aromatic heterocycles. The van der Waals surface area contributed by atoms with Crippen LogP contribution < -0.4 is 15.2 Å². The number of nitrogens with one attached hydrogen (secondary N) is 2. The van der Waals surface area contributed by atoms with Gasteiger partial charge < -0.3 is 9.96 Å². The zero-order valence-electron chi connectivity index (χ0n) is 10.0. The van der Waals surface area contributed by atoms with Crippen LogP contribution in [0.1, 0.15) is 27.7 Å². The summed E-state index contributed by atoms with van der Waals surface area (Å²) in [5, 5.41) is 1.39. The van der Waals surface area contributed by atoms with Crippen molar-refractivity contribution in [2.45, 2.75) is 39.8 Å². The summed E-state index contributed by atoms with van der Waals surface area (Å²) in [6.07, 6.45) is 0. The minimum absolute atomic E-state index is 0.519. The highest BCUT2D eigenvalue weighted by atomic mass is 28.3. The molecule has 1 aromatic carbocycles. The Labute approximate surface area is 94.9 Å². The lowest BCUT2D eigenvalue weighted by molar-refractivity contribution is 0.689. The Bertz CT molecular complexity index is 262. The van der Waals surface area contributed by atoms with Gasteiger partial charge in [0, 0.05) is 0 Å². The summed E-state index contributed by atoms with van der Waals surface area (Å²) in [6, 6.07) is 11.7. The van der Waals surface area contributed by atoms with Crippen molar-refractivity contribution >= 4 is 14.3 Å². The monoisotopic (exact) mass is 221 g/mol. The molecule has 0 fully saturated rings. The van der Waals surface area contributed by atoms with Gasteiger partial charge in [0.25, 0.3) is 9.12 Å². The summed E-state index contributed by atoms with van der Waals surface area (Å²) >= 11 is 0. The van der Waals surface area contributed by atoms with Gasteiger partial charge in [-0.05, 0) is 17.3 Å². The molecule has 0 bridgehead atoms. The van der Waals surface area contributed by atoms with E-state index in [0.29, 0.717) is 12.1 Å². The Kier molecular flexibility index (Phi) is 5.01. The largest absolute Gasteiger partial charge is 0.320 e. The van der Waals surface area contributed by atoms with Crippen LogP contribution >= 0.6 is 0 Å². The van der Waals surface area contributed by atoms with Crippen LogP contribution in [0.5, 0.6) is 0 Å². The highest BCUT2D eigenvalue weighted by molar-refractivity contribution is 6.68. The topological polar surface area (TPSA) is 24.1 Å².